The Labute approximate surface area is 178 Å². The van der Waals surface area contributed by atoms with Gasteiger partial charge in [0.25, 0.3) is 11.8 Å². The Morgan fingerprint density at radius 3 is 2.47 bits per heavy atom. The van der Waals surface area contributed by atoms with Crippen molar-refractivity contribution in [2.24, 2.45) is 0 Å². The summed E-state index contributed by atoms with van der Waals surface area (Å²) in [5.41, 5.74) is -0.610. The van der Waals surface area contributed by atoms with Crippen molar-refractivity contribution in [2.45, 2.75) is 19.5 Å². The molecule has 3 amide bonds. The van der Waals surface area contributed by atoms with Crippen molar-refractivity contribution in [3.8, 4) is 5.75 Å². The monoisotopic (exact) mass is 484 g/mol. The van der Waals surface area contributed by atoms with Gasteiger partial charge in [0.2, 0.25) is 5.91 Å². The van der Waals surface area contributed by atoms with E-state index in [0.717, 1.165) is 23.1 Å². The van der Waals surface area contributed by atoms with Crippen LogP contribution in [-0.4, -0.2) is 35.8 Å². The molecule has 1 N–H and O–H groups in total. The minimum absolute atomic E-state index is 0.0874. The molecular formula is C20H16BrF3N2O4. The lowest BCUT2D eigenvalue weighted by Crippen LogP contribution is -2.33. The standard InChI is InChI=1S/C20H16BrF3N2O4/c1-2-30-16-6-3-11(20(22,23)24)9-15(16)25-17(27)7-8-26-18(28)13-5-4-12(21)10-14(13)19(26)29/h3-6,9-10H,2,7-8H2,1H3,(H,25,27). The normalized spacial score (nSPS) is 13.4. The predicted octanol–water partition coefficient (Wildman–Crippen LogP) is 4.49. The molecule has 3 rings (SSSR count). The number of amides is 3. The van der Waals surface area contributed by atoms with E-state index in [1.807, 2.05) is 0 Å². The second-order valence-corrected chi connectivity index (χ2v) is 7.31. The van der Waals surface area contributed by atoms with Gasteiger partial charge in [0, 0.05) is 17.4 Å². The van der Waals surface area contributed by atoms with Crippen molar-refractivity contribution < 1.29 is 32.3 Å². The van der Waals surface area contributed by atoms with E-state index in [0.29, 0.717) is 4.47 Å². The zero-order valence-electron chi connectivity index (χ0n) is 15.7. The molecule has 0 fully saturated rings. The van der Waals surface area contributed by atoms with Crippen molar-refractivity contribution >= 4 is 39.3 Å². The largest absolute Gasteiger partial charge is 0.492 e. The van der Waals surface area contributed by atoms with Gasteiger partial charge in [-0.05, 0) is 43.3 Å². The van der Waals surface area contributed by atoms with Crippen molar-refractivity contribution in [2.75, 3.05) is 18.5 Å². The summed E-state index contributed by atoms with van der Waals surface area (Å²) in [7, 11) is 0. The van der Waals surface area contributed by atoms with Gasteiger partial charge in [-0.25, -0.2) is 0 Å². The molecule has 0 aliphatic carbocycles. The number of nitrogens with zero attached hydrogens (tertiary/aromatic N) is 1. The Bertz CT molecular complexity index is 1020. The first kappa shape index (κ1) is 21.8. The van der Waals surface area contributed by atoms with Crippen LogP contribution in [0.2, 0.25) is 0 Å². The van der Waals surface area contributed by atoms with Gasteiger partial charge in [0.1, 0.15) is 5.75 Å². The number of carbonyl (C=O) groups is 3. The van der Waals surface area contributed by atoms with E-state index in [-0.39, 0.29) is 42.1 Å². The van der Waals surface area contributed by atoms with Gasteiger partial charge in [0.05, 0.1) is 29.0 Å². The average Bonchev–Trinajstić information content (AvgIpc) is 2.90. The number of nitrogens with one attached hydrogen (secondary N) is 1. The number of hydrogen-bond acceptors (Lipinski definition) is 4. The second-order valence-electron chi connectivity index (χ2n) is 6.39. The van der Waals surface area contributed by atoms with Gasteiger partial charge in [-0.2, -0.15) is 13.2 Å². The molecule has 2 aromatic carbocycles. The van der Waals surface area contributed by atoms with Crippen LogP contribution in [0.5, 0.6) is 5.75 Å². The molecule has 1 heterocycles. The Balaban J connectivity index is 1.71. The fourth-order valence-electron chi connectivity index (χ4n) is 2.98. The number of anilines is 1. The quantitative estimate of drug-likeness (QED) is 0.612. The van der Waals surface area contributed by atoms with E-state index in [1.54, 1.807) is 13.0 Å². The smallest absolute Gasteiger partial charge is 0.416 e. The fraction of sp³-hybridized carbons (Fsp3) is 0.250. The topological polar surface area (TPSA) is 75.7 Å². The maximum atomic E-state index is 13.0. The third-order valence-corrected chi connectivity index (χ3v) is 4.87. The summed E-state index contributed by atoms with van der Waals surface area (Å²) in [5, 5.41) is 2.37. The highest BCUT2D eigenvalue weighted by atomic mass is 79.9. The molecule has 0 spiro atoms. The Kier molecular flexibility index (Phi) is 6.16. The second kappa shape index (κ2) is 8.47. The predicted molar refractivity (Wildman–Crippen MR) is 105 cm³/mol. The molecule has 0 aromatic heterocycles. The van der Waals surface area contributed by atoms with Gasteiger partial charge >= 0.3 is 6.18 Å². The van der Waals surface area contributed by atoms with Crippen LogP contribution in [0.1, 0.15) is 39.6 Å². The zero-order chi connectivity index (χ0) is 22.1. The first-order valence-electron chi connectivity index (χ1n) is 8.91. The van der Waals surface area contributed by atoms with E-state index >= 15 is 0 Å². The number of rotatable bonds is 6. The summed E-state index contributed by atoms with van der Waals surface area (Å²) >= 11 is 3.23. The van der Waals surface area contributed by atoms with Gasteiger partial charge in [-0.15, -0.1) is 0 Å². The number of ether oxygens (including phenoxy) is 1. The number of hydrogen-bond donors (Lipinski definition) is 1. The summed E-state index contributed by atoms with van der Waals surface area (Å²) in [6, 6.07) is 7.43. The first-order valence-corrected chi connectivity index (χ1v) is 9.70. The van der Waals surface area contributed by atoms with E-state index in [9.17, 15) is 27.6 Å². The van der Waals surface area contributed by atoms with Gasteiger partial charge < -0.3 is 10.1 Å². The van der Waals surface area contributed by atoms with Crippen molar-refractivity contribution in [1.29, 1.82) is 0 Å². The molecule has 0 radical (unpaired) electrons. The molecule has 2 aromatic rings. The van der Waals surface area contributed by atoms with Crippen LogP contribution in [0.25, 0.3) is 0 Å². The lowest BCUT2D eigenvalue weighted by molar-refractivity contribution is -0.137. The molecule has 30 heavy (non-hydrogen) atoms. The molecule has 0 bridgehead atoms. The van der Waals surface area contributed by atoms with Crippen molar-refractivity contribution in [3.05, 3.63) is 57.6 Å². The summed E-state index contributed by atoms with van der Waals surface area (Å²) in [4.78, 5) is 38.1. The maximum Gasteiger partial charge on any atom is 0.416 e. The minimum Gasteiger partial charge on any atom is -0.492 e. The minimum atomic E-state index is -4.58. The molecular weight excluding hydrogens is 469 g/mol. The zero-order valence-corrected chi connectivity index (χ0v) is 17.3. The number of fused-ring (bicyclic) bond motifs is 1. The Morgan fingerprint density at radius 2 is 1.80 bits per heavy atom. The number of halogens is 4. The highest BCUT2D eigenvalue weighted by Gasteiger charge is 2.35. The van der Waals surface area contributed by atoms with Crippen LogP contribution in [0.15, 0.2) is 40.9 Å². The summed E-state index contributed by atoms with van der Waals surface area (Å²) in [6.45, 7) is 1.64. The Morgan fingerprint density at radius 1 is 1.10 bits per heavy atom. The van der Waals surface area contributed by atoms with E-state index in [2.05, 4.69) is 21.2 Å². The lowest BCUT2D eigenvalue weighted by Gasteiger charge is -2.16. The number of alkyl halides is 3. The summed E-state index contributed by atoms with van der Waals surface area (Å²) < 4.78 is 44.8. The number of benzene rings is 2. The van der Waals surface area contributed by atoms with Crippen LogP contribution in [0.3, 0.4) is 0 Å². The molecule has 6 nitrogen and oxygen atoms in total. The molecule has 0 unspecified atom stereocenters. The van der Waals surface area contributed by atoms with Crippen LogP contribution in [0, 0.1) is 0 Å². The highest BCUT2D eigenvalue weighted by Crippen LogP contribution is 2.35. The van der Waals surface area contributed by atoms with E-state index in [4.69, 9.17) is 4.74 Å². The van der Waals surface area contributed by atoms with E-state index < -0.39 is 29.5 Å². The molecule has 0 saturated carbocycles. The SMILES string of the molecule is CCOc1ccc(C(F)(F)F)cc1NC(=O)CCN1C(=O)c2ccc(Br)cc2C1=O. The number of carbonyl (C=O) groups excluding carboxylic acids is 3. The van der Waals surface area contributed by atoms with Gasteiger partial charge in [-0.3, -0.25) is 19.3 Å². The third kappa shape index (κ3) is 4.48. The third-order valence-electron chi connectivity index (χ3n) is 4.38. The molecule has 0 atom stereocenters. The molecule has 1 aliphatic heterocycles. The summed E-state index contributed by atoms with van der Waals surface area (Å²) in [5.74, 6) is -1.63. The van der Waals surface area contributed by atoms with Gasteiger partial charge in [-0.1, -0.05) is 15.9 Å². The lowest BCUT2D eigenvalue weighted by atomic mass is 10.1. The van der Waals surface area contributed by atoms with Crippen LogP contribution in [-0.2, 0) is 11.0 Å². The van der Waals surface area contributed by atoms with Gasteiger partial charge in [0.15, 0.2) is 0 Å². The van der Waals surface area contributed by atoms with Crippen molar-refractivity contribution in [3.63, 3.8) is 0 Å². The van der Waals surface area contributed by atoms with Crippen LogP contribution < -0.4 is 10.1 Å². The van der Waals surface area contributed by atoms with E-state index in [1.165, 1.54) is 12.1 Å². The fourth-order valence-corrected chi connectivity index (χ4v) is 3.34. The van der Waals surface area contributed by atoms with Crippen LogP contribution in [0.4, 0.5) is 18.9 Å². The maximum absolute atomic E-state index is 13.0. The molecule has 1 aliphatic rings. The highest BCUT2D eigenvalue weighted by molar-refractivity contribution is 9.10. The Hall–Kier alpha value is -2.88. The molecule has 158 valence electrons. The summed E-state index contributed by atoms with van der Waals surface area (Å²) in [6.07, 6.45) is -4.87. The molecule has 0 saturated heterocycles. The van der Waals surface area contributed by atoms with Crippen molar-refractivity contribution in [1.82, 2.24) is 4.90 Å². The first-order chi connectivity index (χ1) is 14.1. The molecule has 10 heteroatoms. The average molecular weight is 485 g/mol. The number of imide groups is 1. The van der Waals surface area contributed by atoms with Crippen LogP contribution >= 0.6 is 15.9 Å².